The minimum Gasteiger partial charge on any atom is -0.491 e. The molecule has 0 amide bonds. The molecule has 74 valence electrons. The lowest BCUT2D eigenvalue weighted by molar-refractivity contribution is 0.112. The molecule has 1 aromatic carbocycles. The number of fused-ring (bicyclic) bond motifs is 1. The third kappa shape index (κ3) is 1.36. The van der Waals surface area contributed by atoms with Gasteiger partial charge in [0.05, 0.1) is 11.1 Å². The fourth-order valence-electron chi connectivity index (χ4n) is 1.66. The first-order valence-electron chi connectivity index (χ1n) is 4.46. The van der Waals surface area contributed by atoms with Gasteiger partial charge in [-0.2, -0.15) is 0 Å². The van der Waals surface area contributed by atoms with E-state index in [-0.39, 0.29) is 5.41 Å². The monoisotopic (exact) mass is 254 g/mol. The lowest BCUT2D eigenvalue weighted by Gasteiger charge is -2.15. The van der Waals surface area contributed by atoms with Gasteiger partial charge in [-0.05, 0) is 28.1 Å². The average molecular weight is 255 g/mol. The molecule has 0 N–H and O–H groups in total. The van der Waals surface area contributed by atoms with Crippen molar-refractivity contribution in [1.29, 1.82) is 0 Å². The van der Waals surface area contributed by atoms with Crippen LogP contribution >= 0.6 is 15.9 Å². The summed E-state index contributed by atoms with van der Waals surface area (Å²) in [5.41, 5.74) is 1.79. The van der Waals surface area contributed by atoms with Crippen molar-refractivity contribution in [1.82, 2.24) is 0 Å². The first-order valence-corrected chi connectivity index (χ1v) is 5.26. The number of aldehydes is 1. The zero-order valence-corrected chi connectivity index (χ0v) is 9.72. The molecule has 2 rings (SSSR count). The molecule has 14 heavy (non-hydrogen) atoms. The summed E-state index contributed by atoms with van der Waals surface area (Å²) in [5, 5.41) is 0. The Kier molecular flexibility index (Phi) is 2.14. The summed E-state index contributed by atoms with van der Waals surface area (Å²) < 4.78 is 6.44. The smallest absolute Gasteiger partial charge is 0.150 e. The number of carbonyl (C=O) groups is 1. The van der Waals surface area contributed by atoms with Crippen molar-refractivity contribution < 1.29 is 9.53 Å². The Labute approximate surface area is 91.4 Å². The highest BCUT2D eigenvalue weighted by Crippen LogP contribution is 2.43. The van der Waals surface area contributed by atoms with Gasteiger partial charge in [0.2, 0.25) is 0 Å². The maximum Gasteiger partial charge on any atom is 0.150 e. The number of halogens is 1. The number of hydrogen-bond acceptors (Lipinski definition) is 2. The molecule has 0 atom stereocenters. The van der Waals surface area contributed by atoms with Crippen molar-refractivity contribution in [3.05, 3.63) is 27.7 Å². The highest BCUT2D eigenvalue weighted by molar-refractivity contribution is 9.10. The molecule has 1 aromatic rings. The maximum absolute atomic E-state index is 10.7. The van der Waals surface area contributed by atoms with E-state index in [0.29, 0.717) is 12.2 Å². The van der Waals surface area contributed by atoms with Crippen molar-refractivity contribution in [2.24, 2.45) is 0 Å². The van der Waals surface area contributed by atoms with Crippen LogP contribution in [0.1, 0.15) is 29.8 Å². The van der Waals surface area contributed by atoms with E-state index in [1.807, 2.05) is 6.07 Å². The van der Waals surface area contributed by atoms with Gasteiger partial charge in [-0.15, -0.1) is 0 Å². The Bertz CT molecular complexity index is 397. The van der Waals surface area contributed by atoms with Crippen molar-refractivity contribution >= 4 is 22.2 Å². The molecule has 0 radical (unpaired) electrons. The van der Waals surface area contributed by atoms with E-state index in [2.05, 4.69) is 29.8 Å². The second kappa shape index (κ2) is 3.09. The molecule has 0 saturated heterocycles. The molecule has 0 unspecified atom stereocenters. The standard InChI is InChI=1S/C11H11BrO2/c1-11(2)6-14-10-8(11)3-7(5-13)4-9(10)12/h3-5H,6H2,1-2H3. The lowest BCUT2D eigenvalue weighted by atomic mass is 9.86. The zero-order valence-electron chi connectivity index (χ0n) is 8.13. The molecule has 1 aliphatic heterocycles. The molecule has 0 fully saturated rings. The number of rotatable bonds is 1. The van der Waals surface area contributed by atoms with Crippen molar-refractivity contribution in [2.75, 3.05) is 6.61 Å². The maximum atomic E-state index is 10.7. The van der Waals surface area contributed by atoms with Crippen LogP contribution in [0.25, 0.3) is 0 Å². The predicted molar refractivity (Wildman–Crippen MR) is 58.1 cm³/mol. The molecule has 0 spiro atoms. The van der Waals surface area contributed by atoms with Gasteiger partial charge in [0.25, 0.3) is 0 Å². The fraction of sp³-hybridized carbons (Fsp3) is 0.364. The second-order valence-electron chi connectivity index (χ2n) is 4.17. The van der Waals surface area contributed by atoms with Crippen LogP contribution in [0, 0.1) is 0 Å². The second-order valence-corrected chi connectivity index (χ2v) is 5.02. The number of ether oxygens (including phenoxy) is 1. The van der Waals surface area contributed by atoms with Crippen LogP contribution in [-0.2, 0) is 5.41 Å². The van der Waals surface area contributed by atoms with Crippen LogP contribution in [-0.4, -0.2) is 12.9 Å². The Hall–Kier alpha value is -0.830. The largest absolute Gasteiger partial charge is 0.491 e. The Morgan fingerprint density at radius 3 is 2.86 bits per heavy atom. The summed E-state index contributed by atoms with van der Waals surface area (Å²) in [7, 11) is 0. The molecule has 0 aliphatic carbocycles. The first kappa shape index (κ1) is 9.71. The van der Waals surface area contributed by atoms with E-state index in [1.54, 1.807) is 6.07 Å². The van der Waals surface area contributed by atoms with Crippen LogP contribution < -0.4 is 4.74 Å². The lowest BCUT2D eigenvalue weighted by Crippen LogP contribution is -2.18. The van der Waals surface area contributed by atoms with E-state index < -0.39 is 0 Å². The van der Waals surface area contributed by atoms with Crippen LogP contribution in [0.2, 0.25) is 0 Å². The number of carbonyl (C=O) groups excluding carboxylic acids is 1. The van der Waals surface area contributed by atoms with Crippen molar-refractivity contribution in [3.8, 4) is 5.75 Å². The van der Waals surface area contributed by atoms with Gasteiger partial charge in [-0.3, -0.25) is 4.79 Å². The van der Waals surface area contributed by atoms with Crippen LogP contribution in [0.4, 0.5) is 0 Å². The molecule has 2 nitrogen and oxygen atoms in total. The quantitative estimate of drug-likeness (QED) is 0.721. The van der Waals surface area contributed by atoms with Crippen LogP contribution in [0.15, 0.2) is 16.6 Å². The minimum absolute atomic E-state index is 0.00310. The fourth-order valence-corrected chi connectivity index (χ4v) is 2.25. The topological polar surface area (TPSA) is 26.3 Å². The van der Waals surface area contributed by atoms with Crippen LogP contribution in [0.5, 0.6) is 5.75 Å². The van der Waals surface area contributed by atoms with E-state index in [1.165, 1.54) is 0 Å². The normalized spacial score (nSPS) is 17.4. The Morgan fingerprint density at radius 2 is 2.21 bits per heavy atom. The molecule has 0 bridgehead atoms. The van der Waals surface area contributed by atoms with Gasteiger partial charge < -0.3 is 4.74 Å². The van der Waals surface area contributed by atoms with Gasteiger partial charge in [-0.1, -0.05) is 13.8 Å². The Morgan fingerprint density at radius 1 is 1.50 bits per heavy atom. The summed E-state index contributed by atoms with van der Waals surface area (Å²) in [4.78, 5) is 10.7. The number of hydrogen-bond donors (Lipinski definition) is 0. The summed E-state index contributed by atoms with van der Waals surface area (Å²) >= 11 is 3.41. The predicted octanol–water partition coefficient (Wildman–Crippen LogP) is 2.93. The number of benzene rings is 1. The van der Waals surface area contributed by atoms with Gasteiger partial charge in [0, 0.05) is 16.5 Å². The molecular formula is C11H11BrO2. The first-order chi connectivity index (χ1) is 6.54. The minimum atomic E-state index is -0.00310. The van der Waals surface area contributed by atoms with E-state index in [4.69, 9.17) is 4.74 Å². The highest BCUT2D eigenvalue weighted by atomic mass is 79.9. The zero-order chi connectivity index (χ0) is 10.3. The van der Waals surface area contributed by atoms with Gasteiger partial charge in [-0.25, -0.2) is 0 Å². The van der Waals surface area contributed by atoms with E-state index in [0.717, 1.165) is 22.1 Å². The molecule has 0 saturated carbocycles. The van der Waals surface area contributed by atoms with Gasteiger partial charge in [0.15, 0.2) is 0 Å². The third-order valence-corrected chi connectivity index (χ3v) is 3.10. The third-order valence-electron chi connectivity index (χ3n) is 2.51. The van der Waals surface area contributed by atoms with Crippen molar-refractivity contribution in [3.63, 3.8) is 0 Å². The van der Waals surface area contributed by atoms with E-state index >= 15 is 0 Å². The Balaban J connectivity index is 2.65. The van der Waals surface area contributed by atoms with Gasteiger partial charge >= 0.3 is 0 Å². The average Bonchev–Trinajstić information content (AvgIpc) is 2.43. The highest BCUT2D eigenvalue weighted by Gasteiger charge is 2.33. The molecule has 1 aliphatic rings. The molecule has 1 heterocycles. The molecule has 0 aromatic heterocycles. The van der Waals surface area contributed by atoms with Crippen LogP contribution in [0.3, 0.4) is 0 Å². The van der Waals surface area contributed by atoms with E-state index in [9.17, 15) is 4.79 Å². The summed E-state index contributed by atoms with van der Waals surface area (Å²) in [6, 6.07) is 3.69. The summed E-state index contributed by atoms with van der Waals surface area (Å²) in [6.07, 6.45) is 0.861. The summed E-state index contributed by atoms with van der Waals surface area (Å²) in [6.45, 7) is 4.89. The summed E-state index contributed by atoms with van der Waals surface area (Å²) in [5.74, 6) is 0.876. The molecular weight excluding hydrogens is 244 g/mol. The van der Waals surface area contributed by atoms with Crippen molar-refractivity contribution in [2.45, 2.75) is 19.3 Å². The molecule has 3 heteroatoms. The van der Waals surface area contributed by atoms with Gasteiger partial charge in [0.1, 0.15) is 12.0 Å². The SMILES string of the molecule is CC1(C)COc2c(Br)cc(C=O)cc21.